The molecule has 0 amide bonds. The summed E-state index contributed by atoms with van der Waals surface area (Å²) in [4.78, 5) is 8.23. The van der Waals surface area contributed by atoms with E-state index in [4.69, 9.17) is 5.84 Å². The van der Waals surface area contributed by atoms with E-state index in [0.29, 0.717) is 0 Å². The lowest BCUT2D eigenvalue weighted by Gasteiger charge is -2.15. The molecular weight excluding hydrogens is 280 g/mol. The van der Waals surface area contributed by atoms with Gasteiger partial charge in [-0.2, -0.15) is 0 Å². The Morgan fingerprint density at radius 1 is 1.29 bits per heavy atom. The van der Waals surface area contributed by atoms with Crippen LogP contribution in [0, 0.1) is 0 Å². The van der Waals surface area contributed by atoms with Gasteiger partial charge in [-0.1, -0.05) is 6.07 Å². The summed E-state index contributed by atoms with van der Waals surface area (Å²) in [5.74, 6) is 5.58. The van der Waals surface area contributed by atoms with Crippen molar-refractivity contribution in [3.8, 4) is 0 Å². The highest BCUT2D eigenvalue weighted by Crippen LogP contribution is 2.18. The molecule has 0 saturated heterocycles. The lowest BCUT2D eigenvalue weighted by atomic mass is 10.0. The van der Waals surface area contributed by atoms with E-state index in [1.54, 1.807) is 12.4 Å². The van der Waals surface area contributed by atoms with Crippen LogP contribution in [0.25, 0.3) is 0 Å². The summed E-state index contributed by atoms with van der Waals surface area (Å²) in [6.07, 6.45) is 7.94. The van der Waals surface area contributed by atoms with E-state index in [2.05, 4.69) is 31.3 Å². The largest absolute Gasteiger partial charge is 0.271 e. The summed E-state index contributed by atoms with van der Waals surface area (Å²) < 4.78 is 0.969. The lowest BCUT2D eigenvalue weighted by Crippen LogP contribution is -2.29. The highest BCUT2D eigenvalue weighted by Gasteiger charge is 2.10. The molecule has 2 aromatic heterocycles. The predicted octanol–water partition coefficient (Wildman–Crippen LogP) is 1.99. The van der Waals surface area contributed by atoms with Gasteiger partial charge in [-0.15, -0.1) is 0 Å². The van der Waals surface area contributed by atoms with Crippen molar-refractivity contribution in [1.82, 2.24) is 15.4 Å². The molecule has 0 aliphatic heterocycles. The molecule has 3 N–H and O–H groups in total. The van der Waals surface area contributed by atoms with Crippen LogP contribution < -0.4 is 11.3 Å². The number of aromatic nitrogens is 2. The average Bonchev–Trinajstić information content (AvgIpc) is 2.37. The standard InChI is InChI=1S/C12H13BrN4/c13-11-4-9(6-16-8-11)5-12(17-14)10-2-1-3-15-7-10/h1-4,6-8,12,17H,5,14H2. The first-order chi connectivity index (χ1) is 8.29. The second-order valence-corrected chi connectivity index (χ2v) is 4.64. The number of hydrogen-bond donors (Lipinski definition) is 2. The molecule has 0 spiro atoms. The van der Waals surface area contributed by atoms with Gasteiger partial charge in [-0.3, -0.25) is 21.2 Å². The van der Waals surface area contributed by atoms with Crippen LogP contribution in [0.3, 0.4) is 0 Å². The molecule has 88 valence electrons. The fourth-order valence-electron chi connectivity index (χ4n) is 1.66. The fraction of sp³-hybridized carbons (Fsp3) is 0.167. The van der Waals surface area contributed by atoms with Crippen LogP contribution in [0.4, 0.5) is 0 Å². The Hall–Kier alpha value is -1.30. The zero-order chi connectivity index (χ0) is 12.1. The molecule has 0 aromatic carbocycles. The van der Waals surface area contributed by atoms with Crippen LogP contribution in [-0.2, 0) is 6.42 Å². The molecule has 0 aliphatic rings. The van der Waals surface area contributed by atoms with E-state index in [-0.39, 0.29) is 6.04 Å². The van der Waals surface area contributed by atoms with Crippen molar-refractivity contribution in [1.29, 1.82) is 0 Å². The Kier molecular flexibility index (Phi) is 4.19. The summed E-state index contributed by atoms with van der Waals surface area (Å²) in [6, 6.07) is 5.98. The van der Waals surface area contributed by atoms with Gasteiger partial charge in [-0.05, 0) is 45.6 Å². The summed E-state index contributed by atoms with van der Waals surface area (Å²) in [5.41, 5.74) is 4.98. The van der Waals surface area contributed by atoms with Crippen molar-refractivity contribution in [2.45, 2.75) is 12.5 Å². The molecule has 5 heteroatoms. The van der Waals surface area contributed by atoms with Crippen molar-refractivity contribution in [3.05, 3.63) is 58.6 Å². The van der Waals surface area contributed by atoms with E-state index in [1.807, 2.05) is 30.6 Å². The quantitative estimate of drug-likeness (QED) is 0.668. The highest BCUT2D eigenvalue weighted by atomic mass is 79.9. The smallest absolute Gasteiger partial charge is 0.0516 e. The molecule has 2 aromatic rings. The predicted molar refractivity (Wildman–Crippen MR) is 69.9 cm³/mol. The Balaban J connectivity index is 2.16. The topological polar surface area (TPSA) is 63.8 Å². The van der Waals surface area contributed by atoms with Gasteiger partial charge in [0.15, 0.2) is 0 Å². The molecule has 0 aliphatic carbocycles. The lowest BCUT2D eigenvalue weighted by molar-refractivity contribution is 0.549. The zero-order valence-corrected chi connectivity index (χ0v) is 10.8. The van der Waals surface area contributed by atoms with Gasteiger partial charge in [0.25, 0.3) is 0 Å². The maximum atomic E-state index is 5.58. The molecule has 1 atom stereocenters. The van der Waals surface area contributed by atoms with Crippen LogP contribution in [0.5, 0.6) is 0 Å². The van der Waals surface area contributed by atoms with Crippen LogP contribution >= 0.6 is 15.9 Å². The van der Waals surface area contributed by atoms with Crippen LogP contribution in [0.15, 0.2) is 47.5 Å². The van der Waals surface area contributed by atoms with Gasteiger partial charge in [-0.25, -0.2) is 0 Å². The van der Waals surface area contributed by atoms with Crippen molar-refractivity contribution in [2.75, 3.05) is 0 Å². The number of nitrogens with two attached hydrogens (primary N) is 1. The Morgan fingerprint density at radius 2 is 2.18 bits per heavy atom. The van der Waals surface area contributed by atoms with Crippen molar-refractivity contribution in [2.24, 2.45) is 5.84 Å². The molecule has 0 bridgehead atoms. The van der Waals surface area contributed by atoms with Gasteiger partial charge in [0.05, 0.1) is 6.04 Å². The highest BCUT2D eigenvalue weighted by molar-refractivity contribution is 9.10. The molecular formula is C12H13BrN4. The molecule has 4 nitrogen and oxygen atoms in total. The number of halogens is 1. The molecule has 0 fully saturated rings. The summed E-state index contributed by atoms with van der Waals surface area (Å²) in [5, 5.41) is 0. The van der Waals surface area contributed by atoms with Crippen LogP contribution in [0.1, 0.15) is 17.2 Å². The van der Waals surface area contributed by atoms with Gasteiger partial charge in [0.2, 0.25) is 0 Å². The van der Waals surface area contributed by atoms with Crippen molar-refractivity contribution >= 4 is 15.9 Å². The van der Waals surface area contributed by atoms with E-state index in [9.17, 15) is 0 Å². The number of nitrogens with zero attached hydrogens (tertiary/aromatic N) is 2. The van der Waals surface area contributed by atoms with Gasteiger partial charge >= 0.3 is 0 Å². The van der Waals surface area contributed by atoms with Gasteiger partial charge in [0.1, 0.15) is 0 Å². The Bertz CT molecular complexity index is 475. The minimum atomic E-state index is 0.0415. The molecule has 0 radical (unpaired) electrons. The number of nitrogens with one attached hydrogen (secondary N) is 1. The monoisotopic (exact) mass is 292 g/mol. The molecule has 2 heterocycles. The van der Waals surface area contributed by atoms with Crippen LogP contribution in [0.2, 0.25) is 0 Å². The number of hydrogen-bond acceptors (Lipinski definition) is 4. The Morgan fingerprint density at radius 3 is 2.82 bits per heavy atom. The van der Waals surface area contributed by atoms with E-state index < -0.39 is 0 Å². The second kappa shape index (κ2) is 5.86. The maximum Gasteiger partial charge on any atom is 0.0516 e. The van der Waals surface area contributed by atoms with Crippen molar-refractivity contribution < 1.29 is 0 Å². The summed E-state index contributed by atoms with van der Waals surface area (Å²) in [7, 11) is 0. The zero-order valence-electron chi connectivity index (χ0n) is 9.18. The SMILES string of the molecule is NNC(Cc1cncc(Br)c1)c1cccnc1. The number of rotatable bonds is 4. The van der Waals surface area contributed by atoms with E-state index in [1.165, 1.54) is 0 Å². The third kappa shape index (κ3) is 3.33. The minimum Gasteiger partial charge on any atom is -0.271 e. The third-order valence-corrected chi connectivity index (χ3v) is 2.92. The first-order valence-corrected chi connectivity index (χ1v) is 6.04. The summed E-state index contributed by atoms with van der Waals surface area (Å²) in [6.45, 7) is 0. The average molecular weight is 293 g/mol. The molecule has 17 heavy (non-hydrogen) atoms. The molecule has 1 unspecified atom stereocenters. The molecule has 2 rings (SSSR count). The molecule has 0 saturated carbocycles. The normalized spacial score (nSPS) is 12.4. The maximum absolute atomic E-state index is 5.58. The van der Waals surface area contributed by atoms with Gasteiger partial charge < -0.3 is 0 Å². The number of pyridine rings is 2. The summed E-state index contributed by atoms with van der Waals surface area (Å²) >= 11 is 3.40. The Labute approximate surface area is 108 Å². The van der Waals surface area contributed by atoms with Crippen LogP contribution in [-0.4, -0.2) is 9.97 Å². The van der Waals surface area contributed by atoms with Gasteiger partial charge in [0, 0.05) is 29.3 Å². The van der Waals surface area contributed by atoms with E-state index >= 15 is 0 Å². The van der Waals surface area contributed by atoms with Crippen molar-refractivity contribution in [3.63, 3.8) is 0 Å². The van der Waals surface area contributed by atoms with E-state index in [0.717, 1.165) is 22.0 Å². The first kappa shape index (κ1) is 12.2. The number of hydrazine groups is 1. The second-order valence-electron chi connectivity index (χ2n) is 3.72. The first-order valence-electron chi connectivity index (χ1n) is 5.25. The fourth-order valence-corrected chi connectivity index (χ4v) is 2.07. The third-order valence-electron chi connectivity index (χ3n) is 2.49. The minimum absolute atomic E-state index is 0.0415.